The monoisotopic (exact) mass is 745 g/mol. The zero-order chi connectivity index (χ0) is 37.5. The molecule has 0 saturated carbocycles. The first-order valence-electron chi connectivity index (χ1n) is 20.3. The van der Waals surface area contributed by atoms with E-state index < -0.39 is 32.3 Å². The minimum Gasteiger partial charge on any atom is -0.493 e. The molecule has 0 saturated heterocycles. The molecule has 0 atom stereocenters. The predicted octanol–water partition coefficient (Wildman–Crippen LogP) is 14.8. The van der Waals surface area contributed by atoms with Crippen LogP contribution in [0.15, 0.2) is 47.5 Å². The fourth-order valence-corrected chi connectivity index (χ4v) is 11.1. The Morgan fingerprint density at radius 2 is 0.680 bits per heavy atom. The van der Waals surface area contributed by atoms with Crippen molar-refractivity contribution in [3.63, 3.8) is 0 Å². The predicted molar refractivity (Wildman–Crippen MR) is 237 cm³/mol. The van der Waals surface area contributed by atoms with E-state index in [1.54, 1.807) is 4.70 Å². The van der Waals surface area contributed by atoms with Crippen molar-refractivity contribution >= 4 is 43.7 Å². The first kappa shape index (κ1) is 42.8. The van der Waals surface area contributed by atoms with Gasteiger partial charge in [0.1, 0.15) is 0 Å². The van der Waals surface area contributed by atoms with E-state index in [0.29, 0.717) is 0 Å². The van der Waals surface area contributed by atoms with Crippen LogP contribution in [-0.2, 0) is 25.7 Å². The van der Waals surface area contributed by atoms with Gasteiger partial charge in [0.25, 0.3) is 0 Å². The zero-order valence-corrected chi connectivity index (χ0v) is 39.3. The highest BCUT2D eigenvalue weighted by molar-refractivity contribution is 6.77. The molecule has 0 radical (unpaired) electrons. The minimum atomic E-state index is -1.20. The SMILES string of the molecule is CCCCC1=C(c2cc(CC[Si](C)(C)C)cc(CC[Si](C)(C)C)c2)[N+](=[N-])C(c2cc(CC[Si](C)(C)C)cc(CC[Si](C)(C)C)c2)=C1CCCC. The van der Waals surface area contributed by atoms with Crippen LogP contribution in [-0.4, -0.2) is 37.0 Å². The highest BCUT2D eigenvalue weighted by atomic mass is 28.3. The summed E-state index contributed by atoms with van der Waals surface area (Å²) in [6.45, 7) is 34.5. The van der Waals surface area contributed by atoms with E-state index in [0.717, 1.165) is 75.6 Å². The molecule has 0 bridgehead atoms. The van der Waals surface area contributed by atoms with Crippen LogP contribution < -0.4 is 0 Å². The van der Waals surface area contributed by atoms with Gasteiger partial charge in [0.15, 0.2) is 0 Å². The first-order valence-corrected chi connectivity index (χ1v) is 35.1. The number of allylic oxidation sites excluding steroid dienone is 2. The molecule has 2 nitrogen and oxygen atoms in total. The number of aryl methyl sites for hydroxylation is 4. The van der Waals surface area contributed by atoms with Crippen LogP contribution in [0.5, 0.6) is 0 Å². The van der Waals surface area contributed by atoms with Gasteiger partial charge in [-0.15, -0.1) is 0 Å². The summed E-state index contributed by atoms with van der Waals surface area (Å²) in [5, 5.41) is 0. The summed E-state index contributed by atoms with van der Waals surface area (Å²) in [7, 11) is -4.79. The van der Waals surface area contributed by atoms with Gasteiger partial charge in [0.2, 0.25) is 11.4 Å². The fraction of sp³-hybridized carbons (Fsp3) is 0.636. The normalized spacial score (nSPS) is 14.8. The summed E-state index contributed by atoms with van der Waals surface area (Å²) < 4.78 is 1.68. The summed E-state index contributed by atoms with van der Waals surface area (Å²) in [5.41, 5.74) is 25.9. The third-order valence-electron chi connectivity index (χ3n) is 10.2. The maximum atomic E-state index is 12.6. The van der Waals surface area contributed by atoms with Crippen LogP contribution in [0.2, 0.25) is 103 Å². The Labute approximate surface area is 314 Å². The number of unbranched alkanes of at least 4 members (excludes halogenated alkanes) is 2. The van der Waals surface area contributed by atoms with Crippen molar-refractivity contribution in [1.82, 2.24) is 0 Å². The molecule has 0 unspecified atom stereocenters. The Morgan fingerprint density at radius 1 is 0.420 bits per heavy atom. The highest BCUT2D eigenvalue weighted by Crippen LogP contribution is 2.45. The van der Waals surface area contributed by atoms with Gasteiger partial charge in [-0.25, -0.2) is 4.70 Å². The van der Waals surface area contributed by atoms with E-state index >= 15 is 0 Å². The lowest BCUT2D eigenvalue weighted by molar-refractivity contribution is -0.345. The van der Waals surface area contributed by atoms with Gasteiger partial charge in [-0.2, -0.15) is 0 Å². The summed E-state index contributed by atoms with van der Waals surface area (Å²) in [4.78, 5) is 0. The molecule has 0 aromatic heterocycles. The third-order valence-corrected chi connectivity index (χ3v) is 17.2. The van der Waals surface area contributed by atoms with Crippen molar-refractivity contribution in [2.45, 2.75) is 181 Å². The standard InChI is InChI=1S/C44H76N2Si4/c1-15-17-19-41-42(20-18-16-2)44(40-33-37(23-27-49(9,10)11)30-38(34-40)24-28-50(12,13)14)46(45)43(41)39-31-35(21-25-47(3,4)5)29-36(32-39)22-26-48(6,7)8/h29-34H,15-28H2,1-14H3. The van der Waals surface area contributed by atoms with Crippen molar-refractivity contribution in [2.75, 3.05) is 0 Å². The second-order valence-electron chi connectivity index (χ2n) is 20.5. The van der Waals surface area contributed by atoms with Crippen molar-refractivity contribution < 1.29 is 4.70 Å². The Morgan fingerprint density at radius 3 is 0.900 bits per heavy atom. The molecule has 1 aliphatic rings. The van der Waals surface area contributed by atoms with Crippen LogP contribution in [0.3, 0.4) is 0 Å². The number of rotatable bonds is 20. The molecule has 50 heavy (non-hydrogen) atoms. The molecule has 1 aliphatic heterocycles. The molecule has 0 amide bonds. The molecular formula is C44H76N2Si4. The van der Waals surface area contributed by atoms with E-state index in [1.165, 1.54) is 68.7 Å². The largest absolute Gasteiger partial charge is 0.493 e. The quantitative estimate of drug-likeness (QED) is 0.0953. The molecule has 2 aromatic carbocycles. The van der Waals surface area contributed by atoms with E-state index in [4.69, 9.17) is 0 Å². The lowest BCUT2D eigenvalue weighted by Gasteiger charge is -2.19. The summed E-state index contributed by atoms with van der Waals surface area (Å²) in [6.07, 6.45) is 11.2. The first-order chi connectivity index (χ1) is 23.1. The second-order valence-corrected chi connectivity index (χ2v) is 43.0. The lowest BCUT2D eigenvalue weighted by Crippen LogP contribution is -2.21. The van der Waals surface area contributed by atoms with Crippen molar-refractivity contribution in [3.05, 3.63) is 86.5 Å². The van der Waals surface area contributed by atoms with E-state index in [-0.39, 0.29) is 0 Å². The number of hydrogen-bond donors (Lipinski definition) is 0. The number of nitrogens with zero attached hydrogens (tertiary/aromatic N) is 2. The van der Waals surface area contributed by atoms with Crippen LogP contribution in [0, 0.1) is 0 Å². The second kappa shape index (κ2) is 17.9. The Balaban J connectivity index is 2.26. The lowest BCUT2D eigenvalue weighted by atomic mass is 9.90. The average molecular weight is 745 g/mol. The van der Waals surface area contributed by atoms with Crippen molar-refractivity contribution in [2.24, 2.45) is 0 Å². The smallest absolute Gasteiger partial charge is 0.211 e. The molecule has 0 fully saturated rings. The van der Waals surface area contributed by atoms with Gasteiger partial charge in [-0.1, -0.05) is 142 Å². The molecule has 278 valence electrons. The Kier molecular flexibility index (Phi) is 15.4. The molecule has 0 spiro atoms. The van der Waals surface area contributed by atoms with Gasteiger partial charge in [0.05, 0.1) is 0 Å². The molecule has 3 rings (SSSR count). The highest BCUT2D eigenvalue weighted by Gasteiger charge is 2.36. The van der Waals surface area contributed by atoms with Crippen molar-refractivity contribution in [1.29, 1.82) is 0 Å². The van der Waals surface area contributed by atoms with Crippen LogP contribution in [0.25, 0.3) is 16.9 Å². The minimum absolute atomic E-state index is 1.02. The van der Waals surface area contributed by atoms with Crippen LogP contribution in [0.4, 0.5) is 0 Å². The van der Waals surface area contributed by atoms with Crippen LogP contribution in [0.1, 0.15) is 85.8 Å². The van der Waals surface area contributed by atoms with Gasteiger partial charge in [-0.05, 0) is 97.9 Å². The zero-order valence-electron chi connectivity index (χ0n) is 35.3. The maximum absolute atomic E-state index is 12.6. The fourth-order valence-electron chi connectivity index (χ4n) is 6.95. The maximum Gasteiger partial charge on any atom is 0.211 e. The van der Waals surface area contributed by atoms with Gasteiger partial charge < -0.3 is 5.53 Å². The van der Waals surface area contributed by atoms with E-state index in [2.05, 4.69) is 129 Å². The topological polar surface area (TPSA) is 25.3 Å². The summed E-state index contributed by atoms with van der Waals surface area (Å²) in [6, 6.07) is 20.0. The van der Waals surface area contributed by atoms with Gasteiger partial charge in [-0.3, -0.25) is 0 Å². The average Bonchev–Trinajstić information content (AvgIpc) is 3.27. The van der Waals surface area contributed by atoms with Gasteiger partial charge >= 0.3 is 0 Å². The molecule has 6 heteroatoms. The molecular weight excluding hydrogens is 669 g/mol. The number of hydrogen-bond acceptors (Lipinski definition) is 0. The summed E-state index contributed by atoms with van der Waals surface area (Å²) >= 11 is 0. The Bertz CT molecular complexity index is 1330. The molecule has 0 aliphatic carbocycles. The third kappa shape index (κ3) is 14.1. The van der Waals surface area contributed by atoms with Crippen LogP contribution >= 0.6 is 0 Å². The number of benzene rings is 2. The van der Waals surface area contributed by atoms with E-state index in [9.17, 15) is 5.53 Å². The van der Waals surface area contributed by atoms with E-state index in [1.807, 2.05) is 0 Å². The molecule has 1 heterocycles. The van der Waals surface area contributed by atoms with Gasteiger partial charge in [0, 0.05) is 54.6 Å². The molecule has 0 N–H and O–H groups in total. The Hall–Kier alpha value is -1.61. The molecule has 2 aromatic rings. The summed E-state index contributed by atoms with van der Waals surface area (Å²) in [5.74, 6) is 0. The van der Waals surface area contributed by atoms with Crippen molar-refractivity contribution in [3.8, 4) is 0 Å².